The van der Waals surface area contributed by atoms with Crippen LogP contribution in [-0.2, 0) is 110 Å². The van der Waals surface area contributed by atoms with E-state index in [1.54, 1.807) is 14.2 Å². The second-order valence-corrected chi connectivity index (χ2v) is 55.0. The predicted octanol–water partition coefficient (Wildman–Crippen LogP) is 18.3. The molecule has 11 rings (SSSR count). The van der Waals surface area contributed by atoms with Gasteiger partial charge in [0.05, 0.1) is 161 Å². The van der Waals surface area contributed by atoms with E-state index in [1.165, 1.54) is 0 Å². The number of hydrogen-bond donors (Lipinski definition) is 0. The fourth-order valence-corrected chi connectivity index (χ4v) is 25.2. The third-order valence-corrected chi connectivity index (χ3v) is 34.5. The van der Waals surface area contributed by atoms with Gasteiger partial charge in [0.25, 0.3) is 0 Å². The SMILES string of the molecule is C=P(C)(OC)OCC1(C)CCC(C)O1.C=P(C)(OC)OCC1CCC(C)O1.C=P1(C)OCC2(C)OC(C)C(C)C2OP(=C)(C)OCC2OC(C)C(C)C2O1.C=P1(C)OCC2(C)OC(C)C(OP(=C)(C)OCC3OC(C)C(C)C3O1)C2C.C=P1(C)OCC2(C)OC(C)C(OP(=C)(C)OCC3OC(C)C(O1)C3C)C2C.CC.CC. The number of hydrogen-bond acceptors (Lipinski definition) is 24. The molecule has 11 heterocycles. The first kappa shape index (κ1) is 104. The average Bonchev–Trinajstić information content (AvgIpc) is 1.62. The molecule has 24 nitrogen and oxygen atoms in total. The lowest BCUT2D eigenvalue weighted by atomic mass is 9.89. The van der Waals surface area contributed by atoms with Crippen LogP contribution in [0.2, 0.25) is 0 Å². The molecule has 0 spiro atoms. The van der Waals surface area contributed by atoms with Gasteiger partial charge in [-0.3, -0.25) is 0 Å². The van der Waals surface area contributed by atoms with Crippen LogP contribution in [0.1, 0.15) is 178 Å². The largest absolute Gasteiger partial charge is 0.373 e. The molecule has 0 amide bonds. The zero-order valence-electron chi connectivity index (χ0n) is 75.4. The first-order chi connectivity index (χ1) is 51.4. The lowest BCUT2D eigenvalue weighted by Crippen LogP contribution is -2.44. The summed E-state index contributed by atoms with van der Waals surface area (Å²) < 4.78 is 146. The highest BCUT2D eigenvalue weighted by Gasteiger charge is 2.56. The molecular weight excluding hydrogens is 1590 g/mol. The summed E-state index contributed by atoms with van der Waals surface area (Å²) in [5.74, 6) is 1.10. The second kappa shape index (κ2) is 42.4. The predicted molar refractivity (Wildman–Crippen MR) is 480 cm³/mol. The van der Waals surface area contributed by atoms with Crippen molar-refractivity contribution in [2.24, 2.45) is 35.5 Å². The van der Waals surface area contributed by atoms with Crippen LogP contribution in [0.5, 0.6) is 0 Å². The third kappa shape index (κ3) is 29.6. The Kier molecular flexibility index (Phi) is 39.4. The van der Waals surface area contributed by atoms with Crippen molar-refractivity contribution >= 4 is 109 Å². The molecule has 0 aromatic heterocycles. The van der Waals surface area contributed by atoms with Gasteiger partial charge in [0.1, 0.15) is 82.6 Å². The van der Waals surface area contributed by atoms with Crippen molar-refractivity contribution in [3.63, 3.8) is 0 Å². The van der Waals surface area contributed by atoms with Crippen LogP contribution in [0.15, 0.2) is 0 Å². The highest BCUT2D eigenvalue weighted by Crippen LogP contribution is 2.60. The Balaban J connectivity index is 0.000000254. The monoisotopic (exact) mass is 1750 g/mol. The van der Waals surface area contributed by atoms with E-state index < -0.39 is 75.5 Å². The Morgan fingerprint density at radius 3 is 1.14 bits per heavy atom. The van der Waals surface area contributed by atoms with Crippen LogP contribution in [-0.4, -0.2) is 303 Å². The number of fused-ring (bicyclic) bond motifs is 9. The summed E-state index contributed by atoms with van der Waals surface area (Å²) in [6.07, 6.45) is 37.7. The Hall–Kier alpha value is 1.44. The second-order valence-electron chi connectivity index (χ2n) is 34.8. The minimum atomic E-state index is -2.31. The van der Waals surface area contributed by atoms with Crippen molar-refractivity contribution in [2.45, 2.75) is 310 Å². The van der Waals surface area contributed by atoms with Gasteiger partial charge in [-0.25, -0.2) is 0 Å². The van der Waals surface area contributed by atoms with Gasteiger partial charge >= 0.3 is 0 Å². The topological polar surface area (TPSA) is 222 Å². The van der Waals surface area contributed by atoms with Crippen LogP contribution >= 0.6 is 58.7 Å². The van der Waals surface area contributed by atoms with E-state index in [-0.39, 0.29) is 139 Å². The lowest BCUT2D eigenvalue weighted by Gasteiger charge is -2.38. The summed E-state index contributed by atoms with van der Waals surface area (Å²) in [5, 5.41) is 0. The molecule has 0 N–H and O–H groups in total. The molecule has 32 heteroatoms. The minimum absolute atomic E-state index is 0.0408. The van der Waals surface area contributed by atoms with E-state index in [4.69, 9.17) is 110 Å². The average molecular weight is 1750 g/mol. The summed E-state index contributed by atoms with van der Waals surface area (Å²) in [4.78, 5) is 0. The first-order valence-corrected chi connectivity index (χ1v) is 58.8. The molecule has 0 radical (unpaired) electrons. The molecule has 0 saturated carbocycles. The fourth-order valence-electron chi connectivity index (χ4n) is 15.4. The standard InChI is InChI=1S/3C19H36O6P2.C10H21O3P.C9H19O3P.2C2H6/c1-12-16-10-20-26(6,7)25-18-13(2)19(5,23-15(18)4)11-21-27(8,9)24-17(12)14(3)22-16;1-12-14(3)22-16-10-20-26(6,7)25-18-13(2)19(5,23-15(18)4)11-21-27(8,9)24-17(12)16;1-12-14(3)22-16-10-20-26(6,7)25-18-13(2)15(4)23-19(18,5)11-21-27(8,9)24-17(12)16;1-9-6-7-10(2,13-9)8-12-14(4,5)11-3;1-8-5-6-9(12-8)7-11-13(3,4)10-2;2*1-2/h3*12-18H,6,8,10-11H2,1-5,7,9H3;9H,4,6-8H2,1-3,5H3;8-9H,3,5-7H2,1-2,4H3;2*1-2H3. The van der Waals surface area contributed by atoms with Gasteiger partial charge in [-0.2, -0.15) is 0 Å². The van der Waals surface area contributed by atoms with Crippen LogP contribution in [0.4, 0.5) is 0 Å². The Morgan fingerprint density at radius 2 is 0.741 bits per heavy atom. The van der Waals surface area contributed by atoms with Crippen LogP contribution in [0, 0.1) is 35.5 Å². The molecule has 11 saturated heterocycles. The van der Waals surface area contributed by atoms with Gasteiger partial charge in [-0.1, -0.05) is 120 Å². The van der Waals surface area contributed by atoms with Crippen LogP contribution in [0.25, 0.3) is 0 Å². The smallest absolute Gasteiger partial charge is 0.116 e. The van der Waals surface area contributed by atoms with Crippen molar-refractivity contribution in [3.8, 4) is 0 Å². The van der Waals surface area contributed by atoms with E-state index >= 15 is 0 Å². The minimum Gasteiger partial charge on any atom is -0.373 e. The Morgan fingerprint density at radius 1 is 0.375 bits per heavy atom. The van der Waals surface area contributed by atoms with Gasteiger partial charge < -0.3 is 110 Å². The summed E-state index contributed by atoms with van der Waals surface area (Å²) in [6, 6.07) is 0. The molecular formula is C80H160O24P8. The molecule has 0 aliphatic carbocycles. The van der Waals surface area contributed by atoms with E-state index in [1.807, 2.05) is 109 Å². The molecule has 664 valence electrons. The molecule has 36 unspecified atom stereocenters. The number of rotatable bonds is 8. The van der Waals surface area contributed by atoms with E-state index in [0.29, 0.717) is 65.1 Å². The molecule has 6 bridgehead atoms. The normalized spacial score (nSPS) is 50.1. The summed E-state index contributed by atoms with van der Waals surface area (Å²) in [6.45, 7) is 64.8. The van der Waals surface area contributed by atoms with Gasteiger partial charge in [0, 0.05) is 103 Å². The summed E-state index contributed by atoms with van der Waals surface area (Å²) in [5.41, 5.74) is -1.67. The van der Waals surface area contributed by atoms with E-state index in [2.05, 4.69) is 147 Å². The van der Waals surface area contributed by atoms with Gasteiger partial charge in [-0.15, -0.1) is 0 Å². The van der Waals surface area contributed by atoms with Crippen LogP contribution in [0.3, 0.4) is 0 Å². The highest BCUT2D eigenvalue weighted by molar-refractivity contribution is 7.65. The maximum absolute atomic E-state index is 6.46. The van der Waals surface area contributed by atoms with Gasteiger partial charge in [-0.05, 0) is 109 Å². The summed E-state index contributed by atoms with van der Waals surface area (Å²) >= 11 is 0. The van der Waals surface area contributed by atoms with E-state index in [0.717, 1.165) is 25.7 Å². The van der Waals surface area contributed by atoms with Crippen molar-refractivity contribution in [2.75, 3.05) is 120 Å². The molecule has 112 heavy (non-hydrogen) atoms. The molecule has 0 aromatic rings. The zero-order chi connectivity index (χ0) is 85.3. The summed E-state index contributed by atoms with van der Waals surface area (Å²) in [7, 11) is -14.2. The first-order valence-electron chi connectivity index (χ1n) is 40.8. The van der Waals surface area contributed by atoms with Crippen molar-refractivity contribution < 1.29 is 110 Å². The Bertz CT molecular complexity index is 3340. The molecule has 11 aliphatic heterocycles. The van der Waals surface area contributed by atoms with E-state index in [9.17, 15) is 0 Å². The quantitative estimate of drug-likeness (QED) is 0.206. The molecule has 36 atom stereocenters. The van der Waals surface area contributed by atoms with Crippen LogP contribution < -0.4 is 0 Å². The molecule has 0 aromatic carbocycles. The maximum Gasteiger partial charge on any atom is 0.116 e. The zero-order valence-corrected chi connectivity index (χ0v) is 82.5. The lowest BCUT2D eigenvalue weighted by molar-refractivity contribution is -0.0879. The Labute approximate surface area is 681 Å². The third-order valence-electron chi connectivity index (χ3n) is 23.3. The highest BCUT2D eigenvalue weighted by atomic mass is 31.2. The maximum atomic E-state index is 6.46. The number of ether oxygens (including phenoxy) is 8. The van der Waals surface area contributed by atoms with Gasteiger partial charge in [0.15, 0.2) is 0 Å². The van der Waals surface area contributed by atoms with Crippen molar-refractivity contribution in [1.82, 2.24) is 0 Å². The van der Waals surface area contributed by atoms with Gasteiger partial charge in [0.2, 0.25) is 0 Å². The fraction of sp³-hybridized carbons (Fsp3) is 0.900. The molecule has 11 aliphatic rings. The van der Waals surface area contributed by atoms with Crippen molar-refractivity contribution in [1.29, 1.82) is 0 Å². The van der Waals surface area contributed by atoms with Crippen molar-refractivity contribution in [3.05, 3.63) is 0 Å². The molecule has 11 fully saturated rings.